The predicted molar refractivity (Wildman–Crippen MR) is 102 cm³/mol. The number of rotatable bonds is 7. The summed E-state index contributed by atoms with van der Waals surface area (Å²) in [5, 5.41) is 11.4. The molecular formula is C21H26N2O3. The van der Waals surface area contributed by atoms with Gasteiger partial charge in [0, 0.05) is 25.7 Å². The summed E-state index contributed by atoms with van der Waals surface area (Å²) in [4.78, 5) is 13.5. The second kappa shape index (κ2) is 8.32. The zero-order valence-electron chi connectivity index (χ0n) is 15.4. The first kappa shape index (κ1) is 18.4. The molecule has 0 saturated carbocycles. The third-order valence-corrected chi connectivity index (χ3v) is 5.24. The standard InChI is InChI=1S/C21H26N2O3/c1-16-13-22(14-17(16)2)11-10-18-8-9-21(20(12-18)23(24)25)26-15-19-6-4-3-5-7-19/h3-9,12,16-17H,10-11,13-15H2,1-2H3. The number of nitro benzene ring substituents is 1. The Balaban J connectivity index is 1.63. The van der Waals surface area contributed by atoms with Gasteiger partial charge in [-0.2, -0.15) is 0 Å². The molecule has 0 bridgehead atoms. The van der Waals surface area contributed by atoms with E-state index in [1.54, 1.807) is 12.1 Å². The van der Waals surface area contributed by atoms with Crippen LogP contribution < -0.4 is 4.74 Å². The van der Waals surface area contributed by atoms with Gasteiger partial charge in [-0.25, -0.2) is 0 Å². The van der Waals surface area contributed by atoms with Gasteiger partial charge in [0.25, 0.3) is 0 Å². The van der Waals surface area contributed by atoms with Gasteiger partial charge >= 0.3 is 5.69 Å². The Morgan fingerprint density at radius 1 is 1.08 bits per heavy atom. The van der Waals surface area contributed by atoms with Crippen LogP contribution in [0.2, 0.25) is 0 Å². The maximum Gasteiger partial charge on any atom is 0.311 e. The molecule has 2 aromatic carbocycles. The highest BCUT2D eigenvalue weighted by Gasteiger charge is 2.25. The zero-order chi connectivity index (χ0) is 18.5. The third-order valence-electron chi connectivity index (χ3n) is 5.24. The summed E-state index contributed by atoms with van der Waals surface area (Å²) in [5.41, 5.74) is 2.01. The number of nitrogens with zero attached hydrogens (tertiary/aromatic N) is 2. The Hall–Kier alpha value is -2.40. The molecule has 1 saturated heterocycles. The molecule has 2 unspecified atom stereocenters. The number of hydrogen-bond donors (Lipinski definition) is 0. The highest BCUT2D eigenvalue weighted by molar-refractivity contribution is 5.48. The average molecular weight is 354 g/mol. The lowest BCUT2D eigenvalue weighted by molar-refractivity contribution is -0.386. The first-order chi connectivity index (χ1) is 12.5. The molecule has 0 spiro atoms. The van der Waals surface area contributed by atoms with Crippen LogP contribution in [0.1, 0.15) is 25.0 Å². The molecule has 1 aliphatic heterocycles. The van der Waals surface area contributed by atoms with Crippen LogP contribution in [0.5, 0.6) is 5.75 Å². The summed E-state index contributed by atoms with van der Waals surface area (Å²) in [6, 6.07) is 15.0. The van der Waals surface area contributed by atoms with Crippen molar-refractivity contribution in [2.24, 2.45) is 11.8 Å². The second-order valence-corrected chi connectivity index (χ2v) is 7.30. The van der Waals surface area contributed by atoms with Crippen molar-refractivity contribution in [2.45, 2.75) is 26.9 Å². The number of nitro groups is 1. The van der Waals surface area contributed by atoms with Gasteiger partial charge in [-0.05, 0) is 35.4 Å². The summed E-state index contributed by atoms with van der Waals surface area (Å²) in [6.07, 6.45) is 0.819. The lowest BCUT2D eigenvalue weighted by atomic mass is 10.0. The normalized spacial score (nSPS) is 20.2. The van der Waals surface area contributed by atoms with Gasteiger partial charge in [0.1, 0.15) is 6.61 Å². The van der Waals surface area contributed by atoms with E-state index in [0.717, 1.165) is 49.0 Å². The molecule has 0 radical (unpaired) electrons. The lowest BCUT2D eigenvalue weighted by Crippen LogP contribution is -2.23. The fourth-order valence-corrected chi connectivity index (χ4v) is 3.44. The smallest absolute Gasteiger partial charge is 0.311 e. The predicted octanol–water partition coefficient (Wildman–Crippen LogP) is 4.30. The van der Waals surface area contributed by atoms with E-state index in [2.05, 4.69) is 18.7 Å². The molecule has 1 heterocycles. The molecule has 2 atom stereocenters. The van der Waals surface area contributed by atoms with E-state index >= 15 is 0 Å². The van der Waals surface area contributed by atoms with Crippen LogP contribution in [0, 0.1) is 22.0 Å². The SMILES string of the molecule is CC1CN(CCc2ccc(OCc3ccccc3)c([N+](=O)[O-])c2)CC1C. The van der Waals surface area contributed by atoms with Crippen molar-refractivity contribution in [3.8, 4) is 5.75 Å². The van der Waals surface area contributed by atoms with Crippen molar-refractivity contribution in [2.75, 3.05) is 19.6 Å². The number of hydrogen-bond acceptors (Lipinski definition) is 4. The Labute approximate surface area is 154 Å². The Kier molecular flexibility index (Phi) is 5.89. The molecule has 3 rings (SSSR count). The van der Waals surface area contributed by atoms with Crippen LogP contribution in [0.25, 0.3) is 0 Å². The van der Waals surface area contributed by atoms with Crippen LogP contribution in [0.3, 0.4) is 0 Å². The molecule has 26 heavy (non-hydrogen) atoms. The molecule has 5 heteroatoms. The summed E-state index contributed by atoms with van der Waals surface area (Å²) in [6.45, 7) is 8.06. The summed E-state index contributed by atoms with van der Waals surface area (Å²) >= 11 is 0. The molecule has 0 amide bonds. The third kappa shape index (κ3) is 4.61. The van der Waals surface area contributed by atoms with Crippen LogP contribution in [-0.4, -0.2) is 29.5 Å². The van der Waals surface area contributed by atoms with Crippen molar-refractivity contribution < 1.29 is 9.66 Å². The summed E-state index contributed by atoms with van der Waals surface area (Å²) < 4.78 is 5.69. The quantitative estimate of drug-likeness (QED) is 0.549. The highest BCUT2D eigenvalue weighted by Crippen LogP contribution is 2.29. The lowest BCUT2D eigenvalue weighted by Gasteiger charge is -2.15. The monoisotopic (exact) mass is 354 g/mol. The molecule has 5 nitrogen and oxygen atoms in total. The average Bonchev–Trinajstić information content (AvgIpc) is 2.97. The van der Waals surface area contributed by atoms with E-state index in [1.807, 2.05) is 36.4 Å². The van der Waals surface area contributed by atoms with Crippen LogP contribution in [-0.2, 0) is 13.0 Å². The summed E-state index contributed by atoms with van der Waals surface area (Å²) in [5.74, 6) is 1.77. The zero-order valence-corrected chi connectivity index (χ0v) is 15.4. The minimum absolute atomic E-state index is 0.0431. The Morgan fingerprint density at radius 2 is 1.77 bits per heavy atom. The van der Waals surface area contributed by atoms with Gasteiger partial charge in [0.2, 0.25) is 0 Å². The molecular weight excluding hydrogens is 328 g/mol. The van der Waals surface area contributed by atoms with Crippen molar-refractivity contribution in [3.05, 3.63) is 69.8 Å². The highest BCUT2D eigenvalue weighted by atomic mass is 16.6. The van der Waals surface area contributed by atoms with Crippen LogP contribution >= 0.6 is 0 Å². The van der Waals surface area contributed by atoms with E-state index in [9.17, 15) is 10.1 Å². The van der Waals surface area contributed by atoms with Gasteiger partial charge in [-0.15, -0.1) is 0 Å². The maximum absolute atomic E-state index is 11.4. The minimum atomic E-state index is -0.357. The van der Waals surface area contributed by atoms with Crippen molar-refractivity contribution in [1.82, 2.24) is 4.90 Å². The van der Waals surface area contributed by atoms with Crippen LogP contribution in [0.15, 0.2) is 48.5 Å². The van der Waals surface area contributed by atoms with E-state index in [-0.39, 0.29) is 10.6 Å². The van der Waals surface area contributed by atoms with Crippen LogP contribution in [0.4, 0.5) is 5.69 Å². The number of benzene rings is 2. The molecule has 0 aromatic heterocycles. The molecule has 2 aromatic rings. The maximum atomic E-state index is 11.4. The fraction of sp³-hybridized carbons (Fsp3) is 0.429. The van der Waals surface area contributed by atoms with Crippen molar-refractivity contribution in [3.63, 3.8) is 0 Å². The van der Waals surface area contributed by atoms with E-state index in [1.165, 1.54) is 0 Å². The van der Waals surface area contributed by atoms with Crippen molar-refractivity contribution >= 4 is 5.69 Å². The van der Waals surface area contributed by atoms with Gasteiger partial charge in [-0.1, -0.05) is 50.2 Å². The largest absolute Gasteiger partial charge is 0.482 e. The van der Waals surface area contributed by atoms with Gasteiger partial charge in [0.05, 0.1) is 4.92 Å². The second-order valence-electron chi connectivity index (χ2n) is 7.30. The molecule has 0 N–H and O–H groups in total. The minimum Gasteiger partial charge on any atom is -0.482 e. The molecule has 138 valence electrons. The number of likely N-dealkylation sites (tertiary alicyclic amines) is 1. The molecule has 1 fully saturated rings. The Bertz CT molecular complexity index is 738. The molecule has 0 aliphatic carbocycles. The van der Waals surface area contributed by atoms with E-state index in [0.29, 0.717) is 12.4 Å². The molecule has 1 aliphatic rings. The van der Waals surface area contributed by atoms with Gasteiger partial charge < -0.3 is 9.64 Å². The van der Waals surface area contributed by atoms with E-state index < -0.39 is 0 Å². The summed E-state index contributed by atoms with van der Waals surface area (Å²) in [7, 11) is 0. The van der Waals surface area contributed by atoms with Gasteiger partial charge in [-0.3, -0.25) is 10.1 Å². The topological polar surface area (TPSA) is 55.6 Å². The van der Waals surface area contributed by atoms with Crippen molar-refractivity contribution in [1.29, 1.82) is 0 Å². The van der Waals surface area contributed by atoms with Gasteiger partial charge in [0.15, 0.2) is 5.75 Å². The first-order valence-corrected chi connectivity index (χ1v) is 9.19. The van der Waals surface area contributed by atoms with E-state index in [4.69, 9.17) is 4.74 Å². The Morgan fingerprint density at radius 3 is 2.42 bits per heavy atom. The first-order valence-electron chi connectivity index (χ1n) is 9.19. The number of ether oxygens (including phenoxy) is 1. The fourth-order valence-electron chi connectivity index (χ4n) is 3.44.